The average Bonchev–Trinajstić information content (AvgIpc) is 2.96. The van der Waals surface area contributed by atoms with E-state index >= 15 is 0 Å². The van der Waals surface area contributed by atoms with E-state index in [0.717, 1.165) is 36.6 Å². The van der Waals surface area contributed by atoms with Gasteiger partial charge in [-0.25, -0.2) is 0 Å². The second-order valence-corrected chi connectivity index (χ2v) is 5.00. The number of hydrogen-bond acceptors (Lipinski definition) is 5. The quantitative estimate of drug-likeness (QED) is 0.854. The van der Waals surface area contributed by atoms with Crippen molar-refractivity contribution in [2.24, 2.45) is 5.73 Å². The third kappa shape index (κ3) is 3.06. The Kier molecular flexibility index (Phi) is 5.23. The number of nitrogens with zero attached hydrogens (tertiary/aromatic N) is 1. The predicted octanol–water partition coefficient (Wildman–Crippen LogP) is 1.42. The molecule has 5 nitrogen and oxygen atoms in total. The van der Waals surface area contributed by atoms with E-state index in [1.807, 2.05) is 18.2 Å². The lowest BCUT2D eigenvalue weighted by atomic mass is 10.0. The third-order valence-electron chi connectivity index (χ3n) is 3.97. The highest BCUT2D eigenvalue weighted by Crippen LogP contribution is 2.34. The maximum absolute atomic E-state index is 6.01. The van der Waals surface area contributed by atoms with Crippen LogP contribution in [0.2, 0.25) is 0 Å². The molecule has 2 rings (SSSR count). The molecule has 1 fully saturated rings. The number of hydrogen-bond donors (Lipinski definition) is 1. The molecule has 20 heavy (non-hydrogen) atoms. The first-order valence-electron chi connectivity index (χ1n) is 6.92. The van der Waals surface area contributed by atoms with E-state index in [1.165, 1.54) is 0 Å². The number of methoxy groups -OCH3 is 3. The zero-order valence-corrected chi connectivity index (χ0v) is 12.5. The lowest BCUT2D eigenvalue weighted by Gasteiger charge is -2.28. The SMILES string of the molecule is COc1ccc(OC)c(C(CN)N2CCC(OC)C2)c1. The summed E-state index contributed by atoms with van der Waals surface area (Å²) in [6.45, 7) is 2.43. The van der Waals surface area contributed by atoms with Crippen molar-refractivity contribution in [3.05, 3.63) is 23.8 Å². The van der Waals surface area contributed by atoms with E-state index < -0.39 is 0 Å². The predicted molar refractivity (Wildman–Crippen MR) is 78.3 cm³/mol. The molecule has 1 aliphatic rings. The lowest BCUT2D eigenvalue weighted by molar-refractivity contribution is 0.101. The number of rotatable bonds is 6. The highest BCUT2D eigenvalue weighted by atomic mass is 16.5. The van der Waals surface area contributed by atoms with E-state index in [9.17, 15) is 0 Å². The van der Waals surface area contributed by atoms with Crippen molar-refractivity contribution in [1.82, 2.24) is 4.90 Å². The van der Waals surface area contributed by atoms with Gasteiger partial charge in [0.15, 0.2) is 0 Å². The molecule has 0 saturated carbocycles. The molecular formula is C15H24N2O3. The van der Waals surface area contributed by atoms with Gasteiger partial charge in [0.2, 0.25) is 0 Å². The first-order valence-corrected chi connectivity index (χ1v) is 6.92. The molecule has 1 heterocycles. The van der Waals surface area contributed by atoms with Crippen LogP contribution >= 0.6 is 0 Å². The van der Waals surface area contributed by atoms with Gasteiger partial charge in [-0.1, -0.05) is 0 Å². The summed E-state index contributed by atoms with van der Waals surface area (Å²) in [6, 6.07) is 5.97. The molecule has 0 amide bonds. The molecule has 0 aliphatic carbocycles. The fourth-order valence-electron chi connectivity index (χ4n) is 2.80. The van der Waals surface area contributed by atoms with Crippen molar-refractivity contribution in [3.8, 4) is 11.5 Å². The van der Waals surface area contributed by atoms with Gasteiger partial charge >= 0.3 is 0 Å². The van der Waals surface area contributed by atoms with Gasteiger partial charge < -0.3 is 19.9 Å². The van der Waals surface area contributed by atoms with Gasteiger partial charge in [0, 0.05) is 32.3 Å². The van der Waals surface area contributed by atoms with E-state index in [4.69, 9.17) is 19.9 Å². The zero-order chi connectivity index (χ0) is 14.5. The molecule has 112 valence electrons. The Hall–Kier alpha value is -1.30. The summed E-state index contributed by atoms with van der Waals surface area (Å²) in [7, 11) is 5.11. The van der Waals surface area contributed by atoms with E-state index in [1.54, 1.807) is 21.3 Å². The molecule has 1 aromatic rings. The highest BCUT2D eigenvalue weighted by Gasteiger charge is 2.30. The Labute approximate surface area is 120 Å². The van der Waals surface area contributed by atoms with Crippen LogP contribution in [-0.4, -0.2) is 52.0 Å². The van der Waals surface area contributed by atoms with Crippen LogP contribution in [0.3, 0.4) is 0 Å². The number of likely N-dealkylation sites (tertiary alicyclic amines) is 1. The molecule has 1 saturated heterocycles. The highest BCUT2D eigenvalue weighted by molar-refractivity contribution is 5.42. The average molecular weight is 280 g/mol. The van der Waals surface area contributed by atoms with Crippen molar-refractivity contribution in [3.63, 3.8) is 0 Å². The minimum atomic E-state index is 0.125. The van der Waals surface area contributed by atoms with E-state index in [0.29, 0.717) is 12.6 Å². The van der Waals surface area contributed by atoms with Crippen molar-refractivity contribution in [2.45, 2.75) is 18.6 Å². The molecule has 2 N–H and O–H groups in total. The molecule has 1 aliphatic heterocycles. The topological polar surface area (TPSA) is 57.0 Å². The Morgan fingerprint density at radius 2 is 2.10 bits per heavy atom. The number of nitrogens with two attached hydrogens (primary N) is 1. The minimum absolute atomic E-state index is 0.125. The molecule has 1 aromatic carbocycles. The van der Waals surface area contributed by atoms with Gasteiger partial charge in [-0.05, 0) is 24.6 Å². The van der Waals surface area contributed by atoms with Crippen LogP contribution in [0, 0.1) is 0 Å². The summed E-state index contributed by atoms with van der Waals surface area (Å²) in [5, 5.41) is 0. The summed E-state index contributed by atoms with van der Waals surface area (Å²) in [5.41, 5.74) is 7.08. The van der Waals surface area contributed by atoms with Gasteiger partial charge in [0.25, 0.3) is 0 Å². The summed E-state index contributed by atoms with van der Waals surface area (Å²) in [4.78, 5) is 2.35. The van der Waals surface area contributed by atoms with Crippen LogP contribution in [0.5, 0.6) is 11.5 Å². The second-order valence-electron chi connectivity index (χ2n) is 5.00. The van der Waals surface area contributed by atoms with Crippen molar-refractivity contribution in [2.75, 3.05) is 41.0 Å². The Morgan fingerprint density at radius 1 is 1.30 bits per heavy atom. The Bertz CT molecular complexity index is 439. The largest absolute Gasteiger partial charge is 0.497 e. The van der Waals surface area contributed by atoms with E-state index in [2.05, 4.69) is 4.90 Å². The molecule has 0 radical (unpaired) electrons. The van der Waals surface area contributed by atoms with Crippen LogP contribution in [0.4, 0.5) is 0 Å². The third-order valence-corrected chi connectivity index (χ3v) is 3.97. The van der Waals surface area contributed by atoms with Gasteiger partial charge in [-0.3, -0.25) is 4.90 Å². The van der Waals surface area contributed by atoms with Crippen LogP contribution in [0.25, 0.3) is 0 Å². The van der Waals surface area contributed by atoms with E-state index in [-0.39, 0.29) is 6.04 Å². The van der Waals surface area contributed by atoms with Crippen LogP contribution in [0.15, 0.2) is 18.2 Å². The van der Waals surface area contributed by atoms with Crippen LogP contribution < -0.4 is 15.2 Å². The van der Waals surface area contributed by atoms with Gasteiger partial charge in [-0.15, -0.1) is 0 Å². The molecule has 0 spiro atoms. The number of benzene rings is 1. The van der Waals surface area contributed by atoms with Crippen molar-refractivity contribution in [1.29, 1.82) is 0 Å². The van der Waals surface area contributed by atoms with Crippen molar-refractivity contribution >= 4 is 0 Å². The van der Waals surface area contributed by atoms with Crippen LogP contribution in [-0.2, 0) is 4.74 Å². The first kappa shape index (κ1) is 15.1. The smallest absolute Gasteiger partial charge is 0.123 e. The molecule has 2 atom stereocenters. The zero-order valence-electron chi connectivity index (χ0n) is 12.5. The summed E-state index contributed by atoms with van der Waals surface area (Å²) in [6.07, 6.45) is 1.33. The molecular weight excluding hydrogens is 256 g/mol. The second kappa shape index (κ2) is 6.92. The molecule has 2 unspecified atom stereocenters. The Balaban J connectivity index is 2.26. The minimum Gasteiger partial charge on any atom is -0.497 e. The lowest BCUT2D eigenvalue weighted by Crippen LogP contribution is -2.33. The summed E-state index contributed by atoms with van der Waals surface area (Å²) >= 11 is 0. The maximum Gasteiger partial charge on any atom is 0.123 e. The summed E-state index contributed by atoms with van der Waals surface area (Å²) in [5.74, 6) is 1.67. The number of ether oxygens (including phenoxy) is 3. The normalized spacial score (nSPS) is 20.9. The summed E-state index contributed by atoms with van der Waals surface area (Å²) < 4.78 is 16.2. The fourth-order valence-corrected chi connectivity index (χ4v) is 2.80. The van der Waals surface area contributed by atoms with Gasteiger partial charge in [-0.2, -0.15) is 0 Å². The van der Waals surface area contributed by atoms with Gasteiger partial charge in [0.1, 0.15) is 11.5 Å². The monoisotopic (exact) mass is 280 g/mol. The molecule has 5 heteroatoms. The molecule has 0 aromatic heterocycles. The first-order chi connectivity index (χ1) is 9.73. The Morgan fingerprint density at radius 3 is 2.65 bits per heavy atom. The van der Waals surface area contributed by atoms with Crippen molar-refractivity contribution < 1.29 is 14.2 Å². The standard InChI is InChI=1S/C15H24N2O3/c1-18-11-4-5-15(20-3)13(8-11)14(9-16)17-7-6-12(10-17)19-2/h4-5,8,12,14H,6-7,9-10,16H2,1-3H3. The molecule has 0 bridgehead atoms. The van der Waals surface area contributed by atoms with Crippen LogP contribution in [0.1, 0.15) is 18.0 Å². The fraction of sp³-hybridized carbons (Fsp3) is 0.600. The maximum atomic E-state index is 6.01. The van der Waals surface area contributed by atoms with Gasteiger partial charge in [0.05, 0.1) is 26.4 Å².